The molecule has 1 aliphatic heterocycles. The number of hydroxylamine groups is 1. The Labute approximate surface area is 247 Å². The molecule has 1 heterocycles. The summed E-state index contributed by atoms with van der Waals surface area (Å²) in [5.74, 6) is -0.371. The van der Waals surface area contributed by atoms with Crippen LogP contribution in [0.25, 0.3) is 11.1 Å². The lowest BCUT2D eigenvalue weighted by Gasteiger charge is -2.39. The predicted octanol–water partition coefficient (Wildman–Crippen LogP) is 4.19. The summed E-state index contributed by atoms with van der Waals surface area (Å²) < 4.78 is 36.6. The zero-order chi connectivity index (χ0) is 30.0. The summed E-state index contributed by atoms with van der Waals surface area (Å²) in [6, 6.07) is 24.6. The number of rotatable bonds is 13. The molecular weight excluding hydrogens is 554 g/mol. The summed E-state index contributed by atoms with van der Waals surface area (Å²) in [6.07, 6.45) is 2.11. The van der Waals surface area contributed by atoms with Gasteiger partial charge in [0.05, 0.1) is 30.6 Å². The Morgan fingerprint density at radius 1 is 1.00 bits per heavy atom. The maximum absolute atomic E-state index is 13.7. The maximum atomic E-state index is 13.7. The quantitative estimate of drug-likeness (QED) is 0.172. The van der Waals surface area contributed by atoms with Crippen LogP contribution in [0.4, 0.5) is 0 Å². The third-order valence-electron chi connectivity index (χ3n) is 7.82. The molecule has 3 aromatic rings. The molecule has 4 rings (SSSR count). The largest absolute Gasteiger partial charge is 0.494 e. The van der Waals surface area contributed by atoms with Crippen molar-refractivity contribution in [3.8, 4) is 22.9 Å². The number of amides is 1. The number of hydrogen-bond donors (Lipinski definition) is 2. The van der Waals surface area contributed by atoms with E-state index in [0.29, 0.717) is 45.0 Å². The minimum atomic E-state index is -4.09. The van der Waals surface area contributed by atoms with Crippen LogP contribution < -0.4 is 10.2 Å². The summed E-state index contributed by atoms with van der Waals surface area (Å²) in [6.45, 7) is 2.40. The van der Waals surface area contributed by atoms with Crippen LogP contribution in [0, 0.1) is 11.3 Å². The van der Waals surface area contributed by atoms with Gasteiger partial charge < -0.3 is 14.4 Å². The first-order valence-electron chi connectivity index (χ1n) is 14.0. The molecule has 42 heavy (non-hydrogen) atoms. The summed E-state index contributed by atoms with van der Waals surface area (Å²) in [5, 5.41) is 18.3. The van der Waals surface area contributed by atoms with E-state index in [9.17, 15) is 18.4 Å². The van der Waals surface area contributed by atoms with E-state index < -0.39 is 20.5 Å². The van der Waals surface area contributed by atoms with Crippen molar-refractivity contribution in [2.75, 3.05) is 40.0 Å². The fourth-order valence-corrected chi connectivity index (χ4v) is 7.25. The van der Waals surface area contributed by atoms with Crippen LogP contribution in [0.15, 0.2) is 77.7 Å². The predicted molar refractivity (Wildman–Crippen MR) is 159 cm³/mol. The fraction of sp³-hybridized carbons (Fsp3) is 0.375. The number of hydrogen-bond acceptors (Lipinski definition) is 8. The van der Waals surface area contributed by atoms with Gasteiger partial charge in [-0.1, -0.05) is 48.5 Å². The van der Waals surface area contributed by atoms with Crippen LogP contribution in [0.1, 0.15) is 30.4 Å². The van der Waals surface area contributed by atoms with Gasteiger partial charge in [0, 0.05) is 26.7 Å². The normalized spacial score (nSPS) is 15.1. The summed E-state index contributed by atoms with van der Waals surface area (Å²) in [7, 11) is -2.49. The summed E-state index contributed by atoms with van der Waals surface area (Å²) in [4.78, 5) is 14.8. The number of sulfone groups is 1. The van der Waals surface area contributed by atoms with Crippen LogP contribution in [0.3, 0.4) is 0 Å². The molecule has 222 valence electrons. The van der Waals surface area contributed by atoms with Gasteiger partial charge in [0.15, 0.2) is 14.6 Å². The second kappa shape index (κ2) is 14.4. The molecule has 10 heteroatoms. The number of ether oxygens (including phenoxy) is 2. The Morgan fingerprint density at radius 3 is 2.36 bits per heavy atom. The first-order chi connectivity index (χ1) is 20.3. The van der Waals surface area contributed by atoms with E-state index in [1.54, 1.807) is 24.7 Å². The van der Waals surface area contributed by atoms with Gasteiger partial charge in [-0.05, 0) is 72.2 Å². The van der Waals surface area contributed by atoms with Gasteiger partial charge in [0.25, 0.3) is 5.91 Å². The Kier molecular flexibility index (Phi) is 10.7. The first-order valence-corrected chi connectivity index (χ1v) is 15.5. The molecule has 3 aromatic carbocycles. The molecule has 0 bridgehead atoms. The van der Waals surface area contributed by atoms with E-state index in [1.807, 2.05) is 35.2 Å². The number of benzene rings is 3. The van der Waals surface area contributed by atoms with Crippen molar-refractivity contribution < 1.29 is 27.9 Å². The lowest BCUT2D eigenvalue weighted by atomic mass is 9.95. The number of nitrogens with zero attached hydrogens (tertiary/aromatic N) is 2. The van der Waals surface area contributed by atoms with E-state index in [0.717, 1.165) is 29.5 Å². The van der Waals surface area contributed by atoms with Gasteiger partial charge >= 0.3 is 0 Å². The van der Waals surface area contributed by atoms with Crippen molar-refractivity contribution in [3.63, 3.8) is 0 Å². The van der Waals surface area contributed by atoms with Crippen LogP contribution in [-0.4, -0.2) is 69.1 Å². The standard InChI is InChI=1S/C32H37N3O6S/c1-40-23-21-35-19-16-32(17-20-35,31(36)34-37)42(38,39)30-13-11-29(12-14-30)41-22-3-5-26-4-2-6-28(24-26)27-9-7-25(8-10-27)15-18-33/h2,4,6-14,24,37H,3,5,15-17,19-23H2,1H3,(H,34,36). The van der Waals surface area contributed by atoms with Crippen LogP contribution in [0.5, 0.6) is 5.75 Å². The molecular formula is C32H37N3O6S. The van der Waals surface area contributed by atoms with Crippen molar-refractivity contribution in [3.05, 3.63) is 83.9 Å². The van der Waals surface area contributed by atoms with Gasteiger partial charge in [-0.15, -0.1) is 0 Å². The third-order valence-corrected chi connectivity index (χ3v) is 10.3. The summed E-state index contributed by atoms with van der Waals surface area (Å²) in [5.41, 5.74) is 5.98. The van der Waals surface area contributed by atoms with Crippen molar-refractivity contribution in [1.29, 1.82) is 5.26 Å². The Hall–Kier alpha value is -3.75. The lowest BCUT2D eigenvalue weighted by molar-refractivity contribution is -0.133. The van der Waals surface area contributed by atoms with Gasteiger partial charge in [-0.2, -0.15) is 5.26 Å². The minimum Gasteiger partial charge on any atom is -0.494 e. The van der Waals surface area contributed by atoms with Gasteiger partial charge in [0.1, 0.15) is 5.75 Å². The molecule has 9 nitrogen and oxygen atoms in total. The molecule has 0 atom stereocenters. The second-order valence-electron chi connectivity index (χ2n) is 10.4. The first kappa shape index (κ1) is 31.2. The Morgan fingerprint density at radius 2 is 1.71 bits per heavy atom. The topological polar surface area (TPSA) is 129 Å². The van der Waals surface area contributed by atoms with Gasteiger partial charge in [0.2, 0.25) is 0 Å². The molecule has 1 amide bonds. The number of likely N-dealkylation sites (tertiary alicyclic amines) is 1. The van der Waals surface area contributed by atoms with Crippen molar-refractivity contribution in [2.45, 2.75) is 41.7 Å². The lowest BCUT2D eigenvalue weighted by Crippen LogP contribution is -2.57. The fourth-order valence-electron chi connectivity index (χ4n) is 5.30. The smallest absolute Gasteiger partial charge is 0.265 e. The van der Waals surface area contributed by atoms with Gasteiger partial charge in [-0.3, -0.25) is 10.0 Å². The highest BCUT2D eigenvalue weighted by molar-refractivity contribution is 7.93. The van der Waals surface area contributed by atoms with Crippen LogP contribution in [-0.2, 0) is 32.2 Å². The van der Waals surface area contributed by atoms with E-state index >= 15 is 0 Å². The SMILES string of the molecule is COCCN1CCC(C(=O)NO)(S(=O)(=O)c2ccc(OCCCc3cccc(-c4ccc(CC#N)cc4)c3)cc2)CC1. The highest BCUT2D eigenvalue weighted by Crippen LogP contribution is 2.36. The van der Waals surface area contributed by atoms with Gasteiger partial charge in [-0.25, -0.2) is 13.9 Å². The number of carbonyl (C=O) groups excluding carboxylic acids is 1. The third kappa shape index (κ3) is 7.17. The van der Waals surface area contributed by atoms with Crippen LogP contribution in [0.2, 0.25) is 0 Å². The molecule has 0 saturated carbocycles. The van der Waals surface area contributed by atoms with E-state index in [4.69, 9.17) is 14.7 Å². The molecule has 1 fully saturated rings. The molecule has 0 unspecified atom stereocenters. The number of aryl methyl sites for hydroxylation is 1. The van der Waals surface area contributed by atoms with Crippen LogP contribution >= 0.6 is 0 Å². The minimum absolute atomic E-state index is 0.0151. The molecule has 0 aromatic heterocycles. The maximum Gasteiger partial charge on any atom is 0.265 e. The van der Waals surface area contributed by atoms with Crippen molar-refractivity contribution >= 4 is 15.7 Å². The Bertz CT molecular complexity index is 1480. The average molecular weight is 592 g/mol. The molecule has 0 aliphatic carbocycles. The number of methoxy groups -OCH3 is 1. The summed E-state index contributed by atoms with van der Waals surface area (Å²) >= 11 is 0. The number of nitriles is 1. The second-order valence-corrected chi connectivity index (χ2v) is 12.7. The zero-order valence-electron chi connectivity index (χ0n) is 23.8. The number of piperidine rings is 1. The van der Waals surface area contributed by atoms with Crippen molar-refractivity contribution in [1.82, 2.24) is 10.4 Å². The Balaban J connectivity index is 1.34. The highest BCUT2D eigenvalue weighted by Gasteiger charge is 2.52. The zero-order valence-corrected chi connectivity index (χ0v) is 24.6. The van der Waals surface area contributed by atoms with E-state index in [1.165, 1.54) is 17.7 Å². The van der Waals surface area contributed by atoms with E-state index in [2.05, 4.69) is 24.3 Å². The molecule has 2 N–H and O–H groups in total. The molecule has 0 radical (unpaired) electrons. The number of carbonyl (C=O) groups is 1. The molecule has 1 aliphatic rings. The average Bonchev–Trinajstić information content (AvgIpc) is 3.03. The van der Waals surface area contributed by atoms with E-state index in [-0.39, 0.29) is 17.7 Å². The number of nitrogens with one attached hydrogen (secondary N) is 1. The van der Waals surface area contributed by atoms with Crippen molar-refractivity contribution in [2.24, 2.45) is 0 Å². The molecule has 0 spiro atoms. The molecule has 1 saturated heterocycles. The highest BCUT2D eigenvalue weighted by atomic mass is 32.2. The monoisotopic (exact) mass is 591 g/mol.